The molecule has 0 aromatic carbocycles. The minimum Gasteiger partial charge on any atom is -0.335 e. The van der Waals surface area contributed by atoms with Crippen LogP contribution in [0, 0.1) is 5.92 Å². The molecular formula is C11H19N3. The van der Waals surface area contributed by atoms with Gasteiger partial charge in [0.2, 0.25) is 0 Å². The maximum atomic E-state index is 4.22. The Morgan fingerprint density at radius 2 is 1.93 bits per heavy atom. The number of hydrogen-bond donors (Lipinski definition) is 0. The van der Waals surface area contributed by atoms with Gasteiger partial charge in [-0.3, -0.25) is 4.99 Å². The number of amidine groups is 1. The Hall–Kier alpha value is -1.38. The molecule has 3 heteroatoms. The van der Waals surface area contributed by atoms with Crippen LogP contribution in [0.4, 0.5) is 0 Å². The van der Waals surface area contributed by atoms with Crippen molar-refractivity contribution in [2.24, 2.45) is 15.9 Å². The SMILES string of the molecule is C=CN=C(C(=NC)C(C)C)N(C)C=C. The van der Waals surface area contributed by atoms with Gasteiger partial charge in [-0.1, -0.05) is 27.0 Å². The zero-order valence-corrected chi connectivity index (χ0v) is 9.49. The van der Waals surface area contributed by atoms with Gasteiger partial charge in [0.1, 0.15) is 0 Å². The summed E-state index contributed by atoms with van der Waals surface area (Å²) in [6.07, 6.45) is 3.22. The zero-order chi connectivity index (χ0) is 11.1. The van der Waals surface area contributed by atoms with Crippen LogP contribution in [0.25, 0.3) is 0 Å². The average Bonchev–Trinajstić information content (AvgIpc) is 2.16. The van der Waals surface area contributed by atoms with E-state index in [0.29, 0.717) is 5.92 Å². The van der Waals surface area contributed by atoms with E-state index in [2.05, 4.69) is 37.0 Å². The molecule has 14 heavy (non-hydrogen) atoms. The highest BCUT2D eigenvalue weighted by Gasteiger charge is 2.14. The van der Waals surface area contributed by atoms with Crippen molar-refractivity contribution in [1.29, 1.82) is 0 Å². The first-order chi connectivity index (χ1) is 6.58. The van der Waals surface area contributed by atoms with Gasteiger partial charge in [-0.05, 0) is 12.1 Å². The zero-order valence-electron chi connectivity index (χ0n) is 9.49. The molecular weight excluding hydrogens is 174 g/mol. The summed E-state index contributed by atoms with van der Waals surface area (Å²) in [6.45, 7) is 11.4. The van der Waals surface area contributed by atoms with E-state index in [0.717, 1.165) is 11.5 Å². The molecule has 0 radical (unpaired) electrons. The lowest BCUT2D eigenvalue weighted by molar-refractivity contribution is 0.692. The Labute approximate surface area is 86.6 Å². The lowest BCUT2D eigenvalue weighted by atomic mass is 10.1. The van der Waals surface area contributed by atoms with Crippen molar-refractivity contribution < 1.29 is 0 Å². The molecule has 0 N–H and O–H groups in total. The minimum atomic E-state index is 0.334. The van der Waals surface area contributed by atoms with Gasteiger partial charge in [0.25, 0.3) is 0 Å². The summed E-state index contributed by atoms with van der Waals surface area (Å²) < 4.78 is 0. The van der Waals surface area contributed by atoms with Gasteiger partial charge in [0.15, 0.2) is 5.84 Å². The molecule has 0 aromatic rings. The van der Waals surface area contributed by atoms with Crippen molar-refractivity contribution in [3.05, 3.63) is 25.6 Å². The van der Waals surface area contributed by atoms with Crippen molar-refractivity contribution in [3.8, 4) is 0 Å². The Morgan fingerprint density at radius 3 is 2.21 bits per heavy atom. The average molecular weight is 193 g/mol. The van der Waals surface area contributed by atoms with Crippen LogP contribution in [0.1, 0.15) is 13.8 Å². The first kappa shape index (κ1) is 12.6. The van der Waals surface area contributed by atoms with E-state index in [-0.39, 0.29) is 0 Å². The van der Waals surface area contributed by atoms with E-state index in [1.807, 2.05) is 11.9 Å². The number of nitrogens with zero attached hydrogens (tertiary/aromatic N) is 3. The van der Waals surface area contributed by atoms with Crippen molar-refractivity contribution >= 4 is 11.5 Å². The van der Waals surface area contributed by atoms with Crippen molar-refractivity contribution in [2.45, 2.75) is 13.8 Å². The first-order valence-corrected chi connectivity index (χ1v) is 4.59. The normalized spacial score (nSPS) is 12.9. The summed E-state index contributed by atoms with van der Waals surface area (Å²) in [4.78, 5) is 10.3. The number of hydrogen-bond acceptors (Lipinski definition) is 2. The largest absolute Gasteiger partial charge is 0.335 e. The molecule has 0 aliphatic rings. The minimum absolute atomic E-state index is 0.334. The summed E-state index contributed by atoms with van der Waals surface area (Å²) in [5, 5.41) is 0. The maximum absolute atomic E-state index is 4.22. The number of aliphatic imine (C=N–C) groups is 2. The van der Waals surface area contributed by atoms with Crippen molar-refractivity contribution in [3.63, 3.8) is 0 Å². The Morgan fingerprint density at radius 1 is 1.36 bits per heavy atom. The molecule has 0 saturated heterocycles. The molecule has 0 unspecified atom stereocenters. The van der Waals surface area contributed by atoms with Crippen LogP contribution in [0.5, 0.6) is 0 Å². The monoisotopic (exact) mass is 193 g/mol. The van der Waals surface area contributed by atoms with Gasteiger partial charge >= 0.3 is 0 Å². The van der Waals surface area contributed by atoms with Gasteiger partial charge < -0.3 is 4.90 Å². The predicted molar refractivity (Wildman–Crippen MR) is 63.8 cm³/mol. The lowest BCUT2D eigenvalue weighted by Crippen LogP contribution is -2.32. The van der Waals surface area contributed by atoms with Crippen LogP contribution < -0.4 is 0 Å². The second-order valence-corrected chi connectivity index (χ2v) is 3.19. The van der Waals surface area contributed by atoms with Crippen molar-refractivity contribution in [2.75, 3.05) is 14.1 Å². The third-order valence-electron chi connectivity index (χ3n) is 1.84. The Kier molecular flexibility index (Phi) is 5.53. The van der Waals surface area contributed by atoms with Crippen LogP contribution in [0.15, 0.2) is 35.5 Å². The van der Waals surface area contributed by atoms with Crippen LogP contribution in [0.3, 0.4) is 0 Å². The summed E-state index contributed by atoms with van der Waals surface area (Å²) >= 11 is 0. The molecule has 78 valence electrons. The third-order valence-corrected chi connectivity index (χ3v) is 1.84. The quantitative estimate of drug-likeness (QED) is 0.497. The van der Waals surface area contributed by atoms with Gasteiger partial charge in [0, 0.05) is 20.3 Å². The van der Waals surface area contributed by atoms with Crippen LogP contribution in [-0.4, -0.2) is 30.5 Å². The molecule has 0 aliphatic carbocycles. The second kappa shape index (κ2) is 6.13. The molecule has 0 bridgehead atoms. The smallest absolute Gasteiger partial charge is 0.153 e. The molecule has 0 spiro atoms. The number of rotatable bonds is 4. The standard InChI is InChI=1S/C11H19N3/c1-7-13-11(14(6)8-2)10(12-5)9(3)4/h7-9H,1-2H2,3-6H3. The topological polar surface area (TPSA) is 28.0 Å². The van der Waals surface area contributed by atoms with Gasteiger partial charge in [-0.15, -0.1) is 0 Å². The molecule has 0 heterocycles. The van der Waals surface area contributed by atoms with Crippen molar-refractivity contribution in [1.82, 2.24) is 4.90 Å². The van der Waals surface area contributed by atoms with E-state index in [1.165, 1.54) is 6.20 Å². The predicted octanol–water partition coefficient (Wildman–Crippen LogP) is 2.33. The molecule has 0 rings (SSSR count). The third kappa shape index (κ3) is 3.17. The van der Waals surface area contributed by atoms with E-state index >= 15 is 0 Å². The fraction of sp³-hybridized carbons (Fsp3) is 0.455. The van der Waals surface area contributed by atoms with E-state index in [1.54, 1.807) is 13.2 Å². The molecule has 0 amide bonds. The van der Waals surface area contributed by atoms with Gasteiger partial charge in [-0.2, -0.15) is 0 Å². The molecule has 0 aliphatic heterocycles. The second-order valence-electron chi connectivity index (χ2n) is 3.19. The molecule has 3 nitrogen and oxygen atoms in total. The first-order valence-electron chi connectivity index (χ1n) is 4.59. The van der Waals surface area contributed by atoms with E-state index in [4.69, 9.17) is 0 Å². The molecule has 0 atom stereocenters. The van der Waals surface area contributed by atoms with Crippen LogP contribution in [-0.2, 0) is 0 Å². The summed E-state index contributed by atoms with van der Waals surface area (Å²) in [5.74, 6) is 1.13. The lowest BCUT2D eigenvalue weighted by Gasteiger charge is -2.19. The van der Waals surface area contributed by atoms with Gasteiger partial charge in [0.05, 0.1) is 5.71 Å². The van der Waals surface area contributed by atoms with Crippen LogP contribution in [0.2, 0.25) is 0 Å². The fourth-order valence-corrected chi connectivity index (χ4v) is 1.13. The highest BCUT2D eigenvalue weighted by Crippen LogP contribution is 2.03. The maximum Gasteiger partial charge on any atom is 0.153 e. The molecule has 0 aromatic heterocycles. The van der Waals surface area contributed by atoms with E-state index < -0.39 is 0 Å². The summed E-state index contributed by atoms with van der Waals surface area (Å²) in [6, 6.07) is 0. The Bertz CT molecular complexity index is 262. The fourth-order valence-electron chi connectivity index (χ4n) is 1.13. The molecule has 0 saturated carbocycles. The Balaban J connectivity index is 5.10. The molecule has 0 fully saturated rings. The van der Waals surface area contributed by atoms with Crippen LogP contribution >= 0.6 is 0 Å². The summed E-state index contributed by atoms with van der Waals surface area (Å²) in [5.41, 5.74) is 0.951. The summed E-state index contributed by atoms with van der Waals surface area (Å²) in [7, 11) is 3.66. The highest BCUT2D eigenvalue weighted by atomic mass is 15.2. The van der Waals surface area contributed by atoms with Gasteiger partial charge in [-0.25, -0.2) is 4.99 Å². The highest BCUT2D eigenvalue weighted by molar-refractivity contribution is 6.42. The van der Waals surface area contributed by atoms with E-state index in [9.17, 15) is 0 Å².